The molecule has 0 aromatic carbocycles. The summed E-state index contributed by atoms with van der Waals surface area (Å²) < 4.78 is 7.79. The van der Waals surface area contributed by atoms with Crippen molar-refractivity contribution in [3.8, 4) is 0 Å². The van der Waals surface area contributed by atoms with Crippen molar-refractivity contribution in [3.05, 3.63) is 23.0 Å². The highest BCUT2D eigenvalue weighted by Gasteiger charge is 2.23. The average molecular weight is 222 g/mol. The van der Waals surface area contributed by atoms with E-state index < -0.39 is 0 Å². The first-order chi connectivity index (χ1) is 7.59. The summed E-state index contributed by atoms with van der Waals surface area (Å²) in [5, 5.41) is 3.59. The van der Waals surface area contributed by atoms with Crippen LogP contribution in [0.25, 0.3) is 0 Å². The van der Waals surface area contributed by atoms with Crippen LogP contribution in [0.2, 0.25) is 0 Å². The summed E-state index contributed by atoms with van der Waals surface area (Å²) >= 11 is 0. The van der Waals surface area contributed by atoms with Crippen LogP contribution in [0.4, 0.5) is 0 Å². The average Bonchev–Trinajstić information content (AvgIpc) is 2.76. The molecule has 16 heavy (non-hydrogen) atoms. The van der Waals surface area contributed by atoms with E-state index in [9.17, 15) is 0 Å². The second-order valence-corrected chi connectivity index (χ2v) is 4.81. The molecule has 2 heterocycles. The molecule has 3 nitrogen and oxygen atoms in total. The van der Waals surface area contributed by atoms with Crippen molar-refractivity contribution in [2.45, 2.75) is 45.9 Å². The Balaban J connectivity index is 1.96. The summed E-state index contributed by atoms with van der Waals surface area (Å²) in [6.07, 6.45) is 1.48. The van der Waals surface area contributed by atoms with Gasteiger partial charge in [-0.1, -0.05) is 0 Å². The molecular formula is C13H22N2O. The molecule has 0 radical (unpaired) electrons. The zero-order valence-corrected chi connectivity index (χ0v) is 10.7. The SMILES string of the molecule is Cc1cc(CNC2CCOC2C)c(C)n1C. The maximum atomic E-state index is 5.55. The summed E-state index contributed by atoms with van der Waals surface area (Å²) in [5.41, 5.74) is 4.08. The van der Waals surface area contributed by atoms with E-state index in [0.29, 0.717) is 12.1 Å². The molecule has 1 aromatic rings. The van der Waals surface area contributed by atoms with Crippen molar-refractivity contribution in [2.24, 2.45) is 7.05 Å². The summed E-state index contributed by atoms with van der Waals surface area (Å²) in [6.45, 7) is 8.32. The van der Waals surface area contributed by atoms with Crippen LogP contribution < -0.4 is 5.32 Å². The summed E-state index contributed by atoms with van der Waals surface area (Å²) in [6, 6.07) is 2.78. The van der Waals surface area contributed by atoms with Gasteiger partial charge in [0.25, 0.3) is 0 Å². The van der Waals surface area contributed by atoms with E-state index in [1.54, 1.807) is 0 Å². The van der Waals surface area contributed by atoms with Crippen LogP contribution in [0.5, 0.6) is 0 Å². The first-order valence-corrected chi connectivity index (χ1v) is 6.06. The quantitative estimate of drug-likeness (QED) is 0.845. The molecule has 1 N–H and O–H groups in total. The van der Waals surface area contributed by atoms with E-state index in [4.69, 9.17) is 4.74 Å². The lowest BCUT2D eigenvalue weighted by atomic mass is 10.1. The van der Waals surface area contributed by atoms with E-state index in [0.717, 1.165) is 19.6 Å². The minimum atomic E-state index is 0.352. The van der Waals surface area contributed by atoms with E-state index in [2.05, 4.69) is 43.8 Å². The molecule has 1 aliphatic heterocycles. The van der Waals surface area contributed by atoms with Crippen LogP contribution in [-0.4, -0.2) is 23.3 Å². The molecule has 90 valence electrons. The fraction of sp³-hybridized carbons (Fsp3) is 0.692. The molecule has 1 fully saturated rings. The van der Waals surface area contributed by atoms with E-state index in [-0.39, 0.29) is 0 Å². The molecule has 1 aromatic heterocycles. The predicted molar refractivity (Wildman–Crippen MR) is 65.5 cm³/mol. The molecular weight excluding hydrogens is 200 g/mol. The number of aromatic nitrogens is 1. The van der Waals surface area contributed by atoms with Gasteiger partial charge < -0.3 is 14.6 Å². The minimum Gasteiger partial charge on any atom is -0.377 e. The smallest absolute Gasteiger partial charge is 0.0700 e. The predicted octanol–water partition coefficient (Wildman–Crippen LogP) is 1.91. The Labute approximate surface area is 97.8 Å². The Morgan fingerprint density at radius 3 is 2.75 bits per heavy atom. The Kier molecular flexibility index (Phi) is 3.36. The molecule has 0 saturated carbocycles. The maximum absolute atomic E-state index is 5.55. The van der Waals surface area contributed by atoms with Gasteiger partial charge in [0.15, 0.2) is 0 Å². The molecule has 2 rings (SSSR count). The lowest BCUT2D eigenvalue weighted by molar-refractivity contribution is 0.113. The molecule has 1 aliphatic rings. The molecule has 0 aliphatic carbocycles. The van der Waals surface area contributed by atoms with E-state index >= 15 is 0 Å². The van der Waals surface area contributed by atoms with Gasteiger partial charge in [0.2, 0.25) is 0 Å². The number of rotatable bonds is 3. The second kappa shape index (κ2) is 4.60. The highest BCUT2D eigenvalue weighted by Crippen LogP contribution is 2.16. The largest absolute Gasteiger partial charge is 0.377 e. The Morgan fingerprint density at radius 1 is 1.50 bits per heavy atom. The molecule has 0 bridgehead atoms. The summed E-state index contributed by atoms with van der Waals surface area (Å²) in [5.74, 6) is 0. The molecule has 0 amide bonds. The fourth-order valence-corrected chi connectivity index (χ4v) is 2.35. The third-order valence-corrected chi connectivity index (χ3v) is 3.81. The van der Waals surface area contributed by atoms with Gasteiger partial charge in [-0.15, -0.1) is 0 Å². The van der Waals surface area contributed by atoms with Gasteiger partial charge in [0.05, 0.1) is 6.10 Å². The van der Waals surface area contributed by atoms with Crippen LogP contribution in [-0.2, 0) is 18.3 Å². The van der Waals surface area contributed by atoms with Crippen molar-refractivity contribution >= 4 is 0 Å². The van der Waals surface area contributed by atoms with Crippen LogP contribution in [0.3, 0.4) is 0 Å². The van der Waals surface area contributed by atoms with E-state index in [1.165, 1.54) is 17.0 Å². The van der Waals surface area contributed by atoms with Crippen LogP contribution in [0.15, 0.2) is 6.07 Å². The third kappa shape index (κ3) is 2.15. The molecule has 2 atom stereocenters. The summed E-state index contributed by atoms with van der Waals surface area (Å²) in [4.78, 5) is 0. The number of ether oxygens (including phenoxy) is 1. The number of aryl methyl sites for hydroxylation is 1. The van der Waals surface area contributed by atoms with Gasteiger partial charge in [-0.25, -0.2) is 0 Å². The number of nitrogens with zero attached hydrogens (tertiary/aromatic N) is 1. The third-order valence-electron chi connectivity index (χ3n) is 3.81. The molecule has 3 heteroatoms. The topological polar surface area (TPSA) is 26.2 Å². The lowest BCUT2D eigenvalue weighted by Gasteiger charge is -2.15. The fourth-order valence-electron chi connectivity index (χ4n) is 2.35. The first kappa shape index (κ1) is 11.7. The number of hydrogen-bond acceptors (Lipinski definition) is 2. The van der Waals surface area contributed by atoms with Gasteiger partial charge in [0, 0.05) is 37.6 Å². The Bertz CT molecular complexity index is 370. The Morgan fingerprint density at radius 2 is 2.25 bits per heavy atom. The van der Waals surface area contributed by atoms with Crippen molar-refractivity contribution in [3.63, 3.8) is 0 Å². The van der Waals surface area contributed by atoms with Crippen molar-refractivity contribution in [1.29, 1.82) is 0 Å². The molecule has 1 saturated heterocycles. The highest BCUT2D eigenvalue weighted by molar-refractivity contribution is 5.26. The highest BCUT2D eigenvalue weighted by atomic mass is 16.5. The maximum Gasteiger partial charge on any atom is 0.0700 e. The second-order valence-electron chi connectivity index (χ2n) is 4.81. The van der Waals surface area contributed by atoms with Crippen molar-refractivity contribution in [1.82, 2.24) is 9.88 Å². The van der Waals surface area contributed by atoms with Crippen LogP contribution in [0.1, 0.15) is 30.3 Å². The van der Waals surface area contributed by atoms with Gasteiger partial charge in [0.1, 0.15) is 0 Å². The standard InChI is InChI=1S/C13H22N2O/c1-9-7-12(10(2)15(9)4)8-14-13-5-6-16-11(13)3/h7,11,13-14H,5-6,8H2,1-4H3. The van der Waals surface area contributed by atoms with Gasteiger partial charge in [-0.3, -0.25) is 0 Å². The Hall–Kier alpha value is -0.800. The molecule has 0 spiro atoms. The van der Waals surface area contributed by atoms with Gasteiger partial charge >= 0.3 is 0 Å². The first-order valence-electron chi connectivity index (χ1n) is 6.06. The zero-order chi connectivity index (χ0) is 11.7. The summed E-state index contributed by atoms with van der Waals surface area (Å²) in [7, 11) is 2.12. The van der Waals surface area contributed by atoms with Crippen LogP contribution >= 0.6 is 0 Å². The molecule has 2 unspecified atom stereocenters. The minimum absolute atomic E-state index is 0.352. The number of hydrogen-bond donors (Lipinski definition) is 1. The van der Waals surface area contributed by atoms with Crippen molar-refractivity contribution < 1.29 is 4.74 Å². The zero-order valence-electron chi connectivity index (χ0n) is 10.7. The normalized spacial score (nSPS) is 25.2. The van der Waals surface area contributed by atoms with Crippen molar-refractivity contribution in [2.75, 3.05) is 6.61 Å². The van der Waals surface area contributed by atoms with E-state index in [1.807, 2.05) is 0 Å². The van der Waals surface area contributed by atoms with Gasteiger partial charge in [-0.2, -0.15) is 0 Å². The lowest BCUT2D eigenvalue weighted by Crippen LogP contribution is -2.34. The van der Waals surface area contributed by atoms with Gasteiger partial charge in [-0.05, 0) is 38.8 Å². The number of nitrogens with one attached hydrogen (secondary N) is 1. The van der Waals surface area contributed by atoms with Crippen LogP contribution in [0, 0.1) is 13.8 Å². The monoisotopic (exact) mass is 222 g/mol.